The molecule has 0 aliphatic carbocycles. The summed E-state index contributed by atoms with van der Waals surface area (Å²) in [5.41, 5.74) is 18.8. The fraction of sp³-hybridized carbons (Fsp3) is 0.333. The molecule has 0 saturated carbocycles. The van der Waals surface area contributed by atoms with Crippen LogP contribution in [0.5, 0.6) is 23.0 Å². The van der Waals surface area contributed by atoms with E-state index in [-0.39, 0.29) is 103 Å². The van der Waals surface area contributed by atoms with Crippen LogP contribution in [-0.4, -0.2) is 154 Å². The molecule has 0 spiro atoms. The van der Waals surface area contributed by atoms with Gasteiger partial charge in [-0.2, -0.15) is 0 Å². The Bertz CT molecular complexity index is 2920. The Morgan fingerprint density at radius 3 is 1.53 bits per heavy atom. The number of aliphatic imine (C=N–C) groups is 1. The molecular weight excluding hydrogens is 999 g/mol. The van der Waals surface area contributed by atoms with Gasteiger partial charge in [-0.25, -0.2) is 24.2 Å². The number of aliphatic carboxylic acids is 4. The average molecular weight is 1050 g/mol. The molecular formula is C51H55N7O18. The van der Waals surface area contributed by atoms with E-state index in [0.29, 0.717) is 48.1 Å². The molecule has 11 N–H and O–H groups in total. The van der Waals surface area contributed by atoms with Crippen molar-refractivity contribution in [2.75, 3.05) is 52.7 Å². The Balaban J connectivity index is 1.13. The van der Waals surface area contributed by atoms with Gasteiger partial charge in [0.25, 0.3) is 11.8 Å². The van der Waals surface area contributed by atoms with Crippen LogP contribution in [0.25, 0.3) is 0 Å². The van der Waals surface area contributed by atoms with Gasteiger partial charge in [0.2, 0.25) is 0 Å². The van der Waals surface area contributed by atoms with Crippen LogP contribution < -0.4 is 36.1 Å². The molecule has 4 aromatic carbocycles. The Morgan fingerprint density at radius 1 is 0.632 bits per heavy atom. The highest BCUT2D eigenvalue weighted by Gasteiger charge is 2.37. The summed E-state index contributed by atoms with van der Waals surface area (Å²) in [5, 5.41) is 47.2. The molecule has 402 valence electrons. The first-order chi connectivity index (χ1) is 36.3. The summed E-state index contributed by atoms with van der Waals surface area (Å²) in [6, 6.07) is 13.8. The molecule has 6 rings (SSSR count). The van der Waals surface area contributed by atoms with Gasteiger partial charge in [-0.1, -0.05) is 24.3 Å². The summed E-state index contributed by atoms with van der Waals surface area (Å²) in [4.78, 5) is 110. The van der Waals surface area contributed by atoms with Gasteiger partial charge < -0.3 is 75.8 Å². The van der Waals surface area contributed by atoms with E-state index in [1.807, 2.05) is 0 Å². The fourth-order valence-electron chi connectivity index (χ4n) is 8.35. The van der Waals surface area contributed by atoms with Gasteiger partial charge >= 0.3 is 35.8 Å². The topological polar surface area (TPSA) is 394 Å². The molecule has 0 aromatic heterocycles. The zero-order valence-corrected chi connectivity index (χ0v) is 40.8. The molecule has 2 aliphatic heterocycles. The van der Waals surface area contributed by atoms with E-state index in [1.165, 1.54) is 48.5 Å². The van der Waals surface area contributed by atoms with E-state index in [2.05, 4.69) is 4.99 Å². The minimum Gasteiger partial charge on any atom is -0.489 e. The number of esters is 2. The standard InChI is InChI=1S/C51H55N7O18/c52-40(53)24-28-11-13-32-29(23-28)5-3-17-73-43-34(7-1-9-38(43)75-49(32)69)45(63)57(36(47(65)66)26-41(59)60)15-19-71-21-22-72-20-16-58(37(48(67)68)27-42(61)62)46(64)35-8-2-10-39-44(35)74-18-4-6-30-25-31(56-51(54)55)12-14-33(30)50(70)76-39/h1-2,7-14,23,25,36-37H,3-6,15-22,24,26-27H2,(H3,52,53)(H,59,60)(H,61,62)(H,65,66)(H,67,68)(H4,54,55,56)/t36-,37-/m0/s1. The Hall–Kier alpha value is -9.10. The van der Waals surface area contributed by atoms with Crippen LogP contribution in [0.15, 0.2) is 77.8 Å². The lowest BCUT2D eigenvalue weighted by Gasteiger charge is -2.29. The highest BCUT2D eigenvalue weighted by molar-refractivity contribution is 6.02. The van der Waals surface area contributed by atoms with Crippen molar-refractivity contribution in [3.05, 3.63) is 112 Å². The third-order valence-corrected chi connectivity index (χ3v) is 11.8. The number of nitrogens with one attached hydrogen (secondary N) is 1. The Labute approximate surface area is 433 Å². The molecule has 0 unspecified atom stereocenters. The number of hydrogen-bond acceptors (Lipinski definition) is 16. The van der Waals surface area contributed by atoms with Crippen molar-refractivity contribution in [1.82, 2.24) is 9.80 Å². The number of carbonyl (C=O) groups excluding carboxylic acids is 4. The predicted molar refractivity (Wildman–Crippen MR) is 265 cm³/mol. The third kappa shape index (κ3) is 14.8. The fourth-order valence-corrected chi connectivity index (χ4v) is 8.35. The van der Waals surface area contributed by atoms with Crippen molar-refractivity contribution in [3.8, 4) is 23.0 Å². The first kappa shape index (κ1) is 56.2. The van der Waals surface area contributed by atoms with Crippen LogP contribution in [0, 0.1) is 5.41 Å². The van der Waals surface area contributed by atoms with Crippen LogP contribution in [-0.2, 0) is 47.9 Å². The molecule has 0 radical (unpaired) electrons. The molecule has 0 bridgehead atoms. The zero-order valence-electron chi connectivity index (χ0n) is 40.8. The van der Waals surface area contributed by atoms with Crippen LogP contribution >= 0.6 is 0 Å². The van der Waals surface area contributed by atoms with Gasteiger partial charge in [0.15, 0.2) is 29.0 Å². The van der Waals surface area contributed by atoms with Crippen LogP contribution in [0.1, 0.15) is 83.8 Å². The lowest BCUT2D eigenvalue weighted by molar-refractivity contribution is -0.149. The highest BCUT2D eigenvalue weighted by Crippen LogP contribution is 2.37. The van der Waals surface area contributed by atoms with Gasteiger partial charge in [-0.15, -0.1) is 0 Å². The smallest absolute Gasteiger partial charge is 0.343 e. The molecule has 2 heterocycles. The van der Waals surface area contributed by atoms with Crippen LogP contribution in [0.3, 0.4) is 0 Å². The number of carboxylic acids is 4. The maximum absolute atomic E-state index is 14.3. The van der Waals surface area contributed by atoms with Crippen molar-refractivity contribution >= 4 is 65.1 Å². The number of carbonyl (C=O) groups is 8. The summed E-state index contributed by atoms with van der Waals surface area (Å²) < 4.78 is 34.7. The van der Waals surface area contributed by atoms with Crippen molar-refractivity contribution in [1.29, 1.82) is 5.41 Å². The highest BCUT2D eigenvalue weighted by atomic mass is 16.6. The van der Waals surface area contributed by atoms with E-state index < -0.39 is 85.6 Å². The number of rotatable bonds is 22. The molecule has 4 aromatic rings. The summed E-state index contributed by atoms with van der Waals surface area (Å²) in [6.45, 7) is -2.17. The first-order valence-electron chi connectivity index (χ1n) is 23.6. The second-order valence-corrected chi connectivity index (χ2v) is 17.1. The Kier molecular flexibility index (Phi) is 19.4. The number of guanidine groups is 1. The molecule has 25 nitrogen and oxygen atoms in total. The predicted octanol–water partition coefficient (Wildman–Crippen LogP) is 2.63. The van der Waals surface area contributed by atoms with Crippen molar-refractivity contribution in [2.45, 2.75) is 57.0 Å². The number of benzene rings is 4. The number of nitrogens with two attached hydrogens (primary N) is 3. The first-order valence-corrected chi connectivity index (χ1v) is 23.6. The lowest BCUT2D eigenvalue weighted by atomic mass is 9.98. The van der Waals surface area contributed by atoms with Crippen molar-refractivity contribution < 1.29 is 87.2 Å². The molecule has 2 aliphatic rings. The summed E-state index contributed by atoms with van der Waals surface area (Å²) in [5.74, 6) is -10.9. The average Bonchev–Trinajstić information content (AvgIpc) is 3.36. The minimum absolute atomic E-state index is 0.00791. The molecule has 2 atom stereocenters. The van der Waals surface area contributed by atoms with Gasteiger partial charge in [0, 0.05) is 19.5 Å². The summed E-state index contributed by atoms with van der Waals surface area (Å²) >= 11 is 0. The number of fused-ring (bicyclic) bond motifs is 4. The van der Waals surface area contributed by atoms with Gasteiger partial charge in [-0.05, 0) is 90.9 Å². The monoisotopic (exact) mass is 1050 g/mol. The number of hydrogen-bond donors (Lipinski definition) is 8. The molecule has 0 fully saturated rings. The summed E-state index contributed by atoms with van der Waals surface area (Å²) in [7, 11) is 0. The van der Waals surface area contributed by atoms with Gasteiger partial charge in [0.1, 0.15) is 12.1 Å². The maximum Gasteiger partial charge on any atom is 0.343 e. The van der Waals surface area contributed by atoms with Gasteiger partial charge in [0.05, 0.1) is 86.3 Å². The number of amidine groups is 1. The van der Waals surface area contributed by atoms with E-state index >= 15 is 0 Å². The molecule has 2 amide bonds. The van der Waals surface area contributed by atoms with E-state index in [9.17, 15) is 58.8 Å². The second-order valence-electron chi connectivity index (χ2n) is 17.1. The zero-order chi connectivity index (χ0) is 55.1. The van der Waals surface area contributed by atoms with E-state index in [4.69, 9.17) is 51.0 Å². The normalized spacial score (nSPS) is 13.8. The van der Waals surface area contributed by atoms with Gasteiger partial charge in [-0.3, -0.25) is 24.6 Å². The lowest BCUT2D eigenvalue weighted by Crippen LogP contribution is -2.48. The number of aryl methyl sites for hydroxylation is 2. The molecule has 76 heavy (non-hydrogen) atoms. The van der Waals surface area contributed by atoms with Crippen molar-refractivity contribution in [2.24, 2.45) is 22.2 Å². The number of carboxylic acid groups (broad SMARTS) is 4. The maximum atomic E-state index is 14.3. The van der Waals surface area contributed by atoms with E-state index in [0.717, 1.165) is 9.80 Å². The number of nitrogens with zero attached hydrogens (tertiary/aromatic N) is 3. The number of ether oxygens (including phenoxy) is 6. The molecule has 25 heteroatoms. The quantitative estimate of drug-likeness (QED) is 0.0184. The van der Waals surface area contributed by atoms with Crippen LogP contribution in [0.4, 0.5) is 5.69 Å². The van der Waals surface area contributed by atoms with E-state index in [1.54, 1.807) is 24.3 Å². The largest absolute Gasteiger partial charge is 0.489 e. The number of para-hydroxylation sites is 2. The minimum atomic E-state index is -1.91. The number of amides is 2. The van der Waals surface area contributed by atoms with Crippen molar-refractivity contribution in [3.63, 3.8) is 0 Å². The van der Waals surface area contributed by atoms with Crippen LogP contribution in [0.2, 0.25) is 0 Å². The Morgan fingerprint density at radius 2 is 1.09 bits per heavy atom. The molecule has 0 saturated heterocycles. The second kappa shape index (κ2) is 26.2. The summed E-state index contributed by atoms with van der Waals surface area (Å²) in [6.07, 6.45) is -0.532. The third-order valence-electron chi connectivity index (χ3n) is 11.8. The SMILES string of the molecule is N=C(N)Cc1ccc2c(c1)CCCOc1c(cccc1C(=O)N(CCOCCOCCN(C(=O)c1cccc3c1OCCCc1cc(N=C(N)N)ccc1C(=O)O3)[C@@H](CC(=O)O)C(=O)O)[C@@H](CC(=O)O)C(=O)O)OC2=O.